The molecule has 1 N–H and O–H groups in total. The van der Waals surface area contributed by atoms with E-state index in [2.05, 4.69) is 97.1 Å². The lowest BCUT2D eigenvalue weighted by Crippen LogP contribution is -2.33. The van der Waals surface area contributed by atoms with Gasteiger partial charge in [-0.3, -0.25) is 0 Å². The van der Waals surface area contributed by atoms with E-state index in [-0.39, 0.29) is 5.75 Å². The van der Waals surface area contributed by atoms with Gasteiger partial charge in [0.25, 0.3) is 0 Å². The predicted octanol–water partition coefficient (Wildman–Crippen LogP) is 6.41. The molecule has 0 heterocycles. The predicted molar refractivity (Wildman–Crippen MR) is 195 cm³/mol. The molecule has 6 nitrogen and oxygen atoms in total. The summed E-state index contributed by atoms with van der Waals surface area (Å²) < 4.78 is 17.5. The molecule has 0 saturated heterocycles. The molecule has 0 unspecified atom stereocenters. The minimum absolute atomic E-state index is 0.225. The Morgan fingerprint density at radius 2 is 1.19 bits per heavy atom. The van der Waals surface area contributed by atoms with Crippen LogP contribution in [0.2, 0.25) is 0 Å². The third-order valence-corrected chi connectivity index (χ3v) is 13.1. The standard InChI is InChI=1S/C40H43O4P.CH2O2/c1-31-38(42-2)27-25-33(40(31)43-3)17-15-16-32-24-26-34(41)30-39(32)44-28-13-14-29-45(35-18-7-4-8-19-35,36-20-9-5-10-21-36)37-22-11-6-12-23-37;2-1-3/h4-12,18-27,30H,13-17,28-29H2,1-3H3;1H,(H,2,3). The van der Waals surface area contributed by atoms with Gasteiger partial charge in [0.05, 0.1) is 27.0 Å². The Kier molecular flexibility index (Phi) is 13.9. The fourth-order valence-electron chi connectivity index (χ4n) is 6.30. The van der Waals surface area contributed by atoms with Crippen molar-refractivity contribution in [2.24, 2.45) is 0 Å². The van der Waals surface area contributed by atoms with Crippen molar-refractivity contribution in [2.75, 3.05) is 27.0 Å². The van der Waals surface area contributed by atoms with Gasteiger partial charge in [0, 0.05) is 18.1 Å². The summed E-state index contributed by atoms with van der Waals surface area (Å²) >= 11 is 0. The number of phenols is 1. The molecule has 48 heavy (non-hydrogen) atoms. The van der Waals surface area contributed by atoms with Crippen LogP contribution in [-0.4, -0.2) is 38.6 Å². The molecule has 0 radical (unpaired) electrons. The zero-order valence-electron chi connectivity index (χ0n) is 28.0. The summed E-state index contributed by atoms with van der Waals surface area (Å²) in [6.45, 7) is 2.12. The number of hydrogen-bond donors (Lipinski definition) is 1. The Labute approximate surface area is 285 Å². The first-order valence-electron chi connectivity index (χ1n) is 16.2. The molecular formula is C41H45O6P. The van der Waals surface area contributed by atoms with Crippen LogP contribution in [0, 0.1) is 6.92 Å². The maximum absolute atomic E-state index is 10.3. The molecule has 0 aliphatic rings. The van der Waals surface area contributed by atoms with Crippen LogP contribution in [0.1, 0.15) is 36.0 Å². The van der Waals surface area contributed by atoms with E-state index in [0.29, 0.717) is 6.61 Å². The summed E-state index contributed by atoms with van der Waals surface area (Å²) in [4.78, 5) is 8.25. The highest BCUT2D eigenvalue weighted by molar-refractivity contribution is 7.95. The number of benzene rings is 5. The second-order valence-corrected chi connectivity index (χ2v) is 15.0. The number of phenolic OH excluding ortho intramolecular Hbond substituents is 1. The highest BCUT2D eigenvalue weighted by Crippen LogP contribution is 2.55. The Morgan fingerprint density at radius 1 is 0.667 bits per heavy atom. The van der Waals surface area contributed by atoms with Crippen LogP contribution in [0.15, 0.2) is 121 Å². The average Bonchev–Trinajstić information content (AvgIpc) is 3.12. The summed E-state index contributed by atoms with van der Waals surface area (Å²) in [6.07, 6.45) is 5.65. The number of aryl methyl sites for hydroxylation is 2. The topological polar surface area (TPSA) is 88.1 Å². The number of unbranched alkanes of at least 4 members (excludes halogenated alkanes) is 1. The lowest BCUT2D eigenvalue weighted by molar-refractivity contribution is -0.283. The van der Waals surface area contributed by atoms with E-state index in [1.807, 2.05) is 19.1 Å². The van der Waals surface area contributed by atoms with Gasteiger partial charge in [-0.15, -0.1) is 0 Å². The fraction of sp³-hybridized carbons (Fsp3) is 0.244. The van der Waals surface area contributed by atoms with E-state index in [1.54, 1.807) is 26.4 Å². The van der Waals surface area contributed by atoms with Crippen molar-refractivity contribution in [3.8, 4) is 23.0 Å². The first-order valence-corrected chi connectivity index (χ1v) is 18.2. The number of rotatable bonds is 15. The SMILES string of the molecule is COc1ccc(CCCc2ccc(O)cc2OCCCC[P+](c2ccccc2)(c2ccccc2)c2ccccc2)c(OC)c1C.O=C[O-]. The zero-order chi connectivity index (χ0) is 34.2. The van der Waals surface area contributed by atoms with Gasteiger partial charge in [0.1, 0.15) is 46.2 Å². The van der Waals surface area contributed by atoms with E-state index >= 15 is 0 Å². The normalized spacial score (nSPS) is 10.8. The molecule has 0 saturated carbocycles. The van der Waals surface area contributed by atoms with Gasteiger partial charge in [-0.25, -0.2) is 0 Å². The van der Waals surface area contributed by atoms with Crippen LogP contribution in [0.4, 0.5) is 0 Å². The van der Waals surface area contributed by atoms with Crippen molar-refractivity contribution in [1.29, 1.82) is 0 Å². The van der Waals surface area contributed by atoms with E-state index in [9.17, 15) is 5.11 Å². The summed E-state index contributed by atoms with van der Waals surface area (Å²) in [6, 6.07) is 42.6. The number of ether oxygens (including phenoxy) is 3. The van der Waals surface area contributed by atoms with E-state index in [4.69, 9.17) is 24.1 Å². The minimum Gasteiger partial charge on any atom is -0.554 e. The second-order valence-electron chi connectivity index (χ2n) is 11.4. The molecule has 0 bridgehead atoms. The maximum atomic E-state index is 10.3. The maximum Gasteiger partial charge on any atom is 0.128 e. The number of hydrogen-bond acceptors (Lipinski definition) is 6. The number of methoxy groups -OCH3 is 2. The molecule has 0 aliphatic carbocycles. The number of carbonyl (C=O) groups is 1. The highest BCUT2D eigenvalue weighted by Gasteiger charge is 2.44. The molecular weight excluding hydrogens is 619 g/mol. The van der Waals surface area contributed by atoms with Gasteiger partial charge in [-0.05, 0) is 98.7 Å². The Bertz CT molecular complexity index is 1600. The minimum atomic E-state index is -1.86. The second kappa shape index (κ2) is 18.5. The monoisotopic (exact) mass is 664 g/mol. The number of carbonyl (C=O) groups excluding carboxylic acids is 1. The van der Waals surface area contributed by atoms with Crippen LogP contribution in [0.3, 0.4) is 0 Å². The van der Waals surface area contributed by atoms with Gasteiger partial charge >= 0.3 is 0 Å². The van der Waals surface area contributed by atoms with Crippen LogP contribution < -0.4 is 35.2 Å². The van der Waals surface area contributed by atoms with Crippen LogP contribution in [0.5, 0.6) is 23.0 Å². The first kappa shape index (κ1) is 36.0. The lowest BCUT2D eigenvalue weighted by Gasteiger charge is -2.27. The quantitative estimate of drug-likeness (QED) is 0.0791. The van der Waals surface area contributed by atoms with Gasteiger partial charge in [-0.2, -0.15) is 0 Å². The molecule has 5 rings (SSSR count). The van der Waals surface area contributed by atoms with E-state index in [0.717, 1.165) is 66.6 Å². The summed E-state index contributed by atoms with van der Waals surface area (Å²) in [5.74, 6) is 2.71. The summed E-state index contributed by atoms with van der Waals surface area (Å²) in [5.41, 5.74) is 3.29. The van der Waals surface area contributed by atoms with Crippen molar-refractivity contribution < 1.29 is 29.2 Å². The van der Waals surface area contributed by atoms with Crippen molar-refractivity contribution in [3.05, 3.63) is 138 Å². The fourth-order valence-corrected chi connectivity index (χ4v) is 10.7. The van der Waals surface area contributed by atoms with Gasteiger partial charge in [0.2, 0.25) is 0 Å². The Hall–Kier alpha value is -4.80. The van der Waals surface area contributed by atoms with E-state index in [1.165, 1.54) is 21.5 Å². The third-order valence-electron chi connectivity index (χ3n) is 8.54. The summed E-state index contributed by atoms with van der Waals surface area (Å²) in [5, 5.41) is 22.7. The number of aromatic hydroxyl groups is 1. The largest absolute Gasteiger partial charge is 0.554 e. The average molecular weight is 665 g/mol. The first-order chi connectivity index (χ1) is 23.5. The summed E-state index contributed by atoms with van der Waals surface area (Å²) in [7, 11) is 1.54. The lowest BCUT2D eigenvalue weighted by atomic mass is 10.0. The van der Waals surface area contributed by atoms with Crippen molar-refractivity contribution in [2.45, 2.75) is 39.0 Å². The van der Waals surface area contributed by atoms with Crippen LogP contribution in [-0.2, 0) is 17.6 Å². The molecule has 5 aromatic rings. The van der Waals surface area contributed by atoms with Crippen LogP contribution >= 0.6 is 7.26 Å². The Balaban J connectivity index is 0.00000167. The number of carboxylic acid groups (broad SMARTS) is 1. The molecule has 250 valence electrons. The molecule has 0 aliphatic heterocycles. The molecule has 5 aromatic carbocycles. The molecule has 0 amide bonds. The molecule has 7 heteroatoms. The highest BCUT2D eigenvalue weighted by atomic mass is 31.2. The molecule has 0 spiro atoms. The van der Waals surface area contributed by atoms with Gasteiger partial charge in [0.15, 0.2) is 0 Å². The Morgan fingerprint density at radius 3 is 1.71 bits per heavy atom. The van der Waals surface area contributed by atoms with Crippen molar-refractivity contribution in [3.63, 3.8) is 0 Å². The molecule has 0 aromatic heterocycles. The van der Waals surface area contributed by atoms with E-state index < -0.39 is 13.7 Å². The smallest absolute Gasteiger partial charge is 0.128 e. The van der Waals surface area contributed by atoms with Crippen molar-refractivity contribution in [1.82, 2.24) is 0 Å². The third kappa shape index (κ3) is 8.96. The van der Waals surface area contributed by atoms with Gasteiger partial charge in [-0.1, -0.05) is 66.7 Å². The van der Waals surface area contributed by atoms with Crippen LogP contribution in [0.25, 0.3) is 0 Å². The molecule has 0 atom stereocenters. The molecule has 0 fully saturated rings. The van der Waals surface area contributed by atoms with Gasteiger partial charge < -0.3 is 29.2 Å². The van der Waals surface area contributed by atoms with Crippen molar-refractivity contribution >= 4 is 29.6 Å². The zero-order valence-corrected chi connectivity index (χ0v) is 28.9.